The molecular weight excluding hydrogens is 414 g/mol. The van der Waals surface area contributed by atoms with Crippen molar-refractivity contribution in [1.29, 1.82) is 0 Å². The minimum absolute atomic E-state index is 0.295. The number of imide groups is 1. The van der Waals surface area contributed by atoms with E-state index < -0.39 is 17.1 Å². The van der Waals surface area contributed by atoms with Crippen molar-refractivity contribution >= 4 is 40.6 Å². The first-order chi connectivity index (χ1) is 14.7. The third kappa shape index (κ3) is 5.02. The van der Waals surface area contributed by atoms with Crippen LogP contribution in [-0.4, -0.2) is 39.7 Å². The smallest absolute Gasteiger partial charge is 0.294 e. The van der Waals surface area contributed by atoms with Crippen molar-refractivity contribution in [2.45, 2.75) is 40.7 Å². The van der Waals surface area contributed by atoms with Crippen LogP contribution in [0.15, 0.2) is 35.2 Å². The van der Waals surface area contributed by atoms with Crippen LogP contribution >= 0.6 is 11.8 Å². The van der Waals surface area contributed by atoms with E-state index in [0.717, 1.165) is 33.6 Å². The Morgan fingerprint density at radius 2 is 1.87 bits per heavy atom. The summed E-state index contributed by atoms with van der Waals surface area (Å²) in [6.45, 7) is 10.3. The van der Waals surface area contributed by atoms with Gasteiger partial charge in [-0.3, -0.25) is 19.3 Å². The number of hydrogen-bond acceptors (Lipinski definition) is 5. The van der Waals surface area contributed by atoms with E-state index in [2.05, 4.69) is 23.7 Å². The Bertz CT molecular complexity index is 1040. The lowest BCUT2D eigenvalue weighted by Crippen LogP contribution is -2.36. The van der Waals surface area contributed by atoms with Gasteiger partial charge in [-0.1, -0.05) is 0 Å². The van der Waals surface area contributed by atoms with Gasteiger partial charge in [-0.15, -0.1) is 0 Å². The summed E-state index contributed by atoms with van der Waals surface area (Å²) in [5, 5.41) is 2.26. The van der Waals surface area contributed by atoms with Crippen molar-refractivity contribution in [1.82, 2.24) is 9.47 Å². The van der Waals surface area contributed by atoms with Crippen LogP contribution in [0.2, 0.25) is 0 Å². The molecule has 0 radical (unpaired) electrons. The quantitative estimate of drug-likeness (QED) is 0.627. The van der Waals surface area contributed by atoms with Gasteiger partial charge in [0.25, 0.3) is 11.1 Å². The predicted octanol–water partition coefficient (Wildman–Crippen LogP) is 4.76. The summed E-state index contributed by atoms with van der Waals surface area (Å²) in [5.74, 6) is -0.190. The monoisotopic (exact) mass is 441 g/mol. The molecule has 7 nitrogen and oxygen atoms in total. The second-order valence-corrected chi connectivity index (χ2v) is 8.56. The molecule has 1 N–H and O–H groups in total. The molecule has 0 unspecified atom stereocenters. The molecule has 1 aromatic heterocycles. The normalized spacial score (nSPS) is 15.3. The van der Waals surface area contributed by atoms with Crippen molar-refractivity contribution in [2.24, 2.45) is 0 Å². The summed E-state index contributed by atoms with van der Waals surface area (Å²) < 4.78 is 7.55. The molecule has 0 atom stereocenters. The van der Waals surface area contributed by atoms with E-state index in [1.54, 1.807) is 30.3 Å². The van der Waals surface area contributed by atoms with Gasteiger partial charge in [0.2, 0.25) is 5.91 Å². The number of nitrogens with one attached hydrogen (secondary N) is 1. The molecule has 2 aromatic rings. The molecule has 0 saturated carbocycles. The van der Waals surface area contributed by atoms with E-state index in [1.807, 2.05) is 26.8 Å². The second kappa shape index (κ2) is 9.43. The van der Waals surface area contributed by atoms with Gasteiger partial charge in [-0.05, 0) is 88.4 Å². The third-order valence-corrected chi connectivity index (χ3v) is 5.86. The van der Waals surface area contributed by atoms with E-state index >= 15 is 0 Å². The van der Waals surface area contributed by atoms with Crippen molar-refractivity contribution in [3.8, 4) is 5.75 Å². The molecule has 1 aliphatic rings. The largest absolute Gasteiger partial charge is 0.494 e. The average Bonchev–Trinajstić information content (AvgIpc) is 3.13. The van der Waals surface area contributed by atoms with Gasteiger partial charge in [0, 0.05) is 23.1 Å². The Morgan fingerprint density at radius 3 is 2.45 bits per heavy atom. The number of thioether (sulfide) groups is 1. The molecule has 3 rings (SSSR count). The molecule has 3 amide bonds. The van der Waals surface area contributed by atoms with E-state index in [4.69, 9.17) is 4.74 Å². The highest BCUT2D eigenvalue weighted by atomic mass is 32.2. The minimum Gasteiger partial charge on any atom is -0.494 e. The number of rotatable bonds is 7. The maximum Gasteiger partial charge on any atom is 0.294 e. The van der Waals surface area contributed by atoms with Crippen LogP contribution in [0.3, 0.4) is 0 Å². The Labute approximate surface area is 186 Å². The summed E-state index contributed by atoms with van der Waals surface area (Å²) in [5.41, 5.74) is 3.59. The molecule has 2 heterocycles. The van der Waals surface area contributed by atoms with Crippen molar-refractivity contribution < 1.29 is 19.1 Å². The molecule has 0 spiro atoms. The van der Waals surface area contributed by atoms with E-state index in [9.17, 15) is 14.4 Å². The number of benzene rings is 1. The van der Waals surface area contributed by atoms with Gasteiger partial charge >= 0.3 is 0 Å². The number of nitrogens with zero attached hydrogens (tertiary/aromatic N) is 2. The molecule has 1 aromatic carbocycles. The van der Waals surface area contributed by atoms with E-state index in [0.29, 0.717) is 29.0 Å². The van der Waals surface area contributed by atoms with Crippen LogP contribution in [0.1, 0.15) is 43.8 Å². The van der Waals surface area contributed by atoms with E-state index in [1.165, 1.54) is 0 Å². The van der Waals surface area contributed by atoms with Gasteiger partial charge in [0.15, 0.2) is 0 Å². The SMILES string of the molecule is CCOc1ccc(NC(=O)CN2C(=O)S/C(=C/c3cc(C)n(C(C)C)c3C)C2=O)cc1. The summed E-state index contributed by atoms with van der Waals surface area (Å²) in [4.78, 5) is 38.8. The highest BCUT2D eigenvalue weighted by Crippen LogP contribution is 2.33. The minimum atomic E-state index is -0.453. The molecule has 1 aliphatic heterocycles. The maximum absolute atomic E-state index is 12.8. The van der Waals surface area contributed by atoms with Crippen LogP contribution in [0.5, 0.6) is 5.75 Å². The highest BCUT2D eigenvalue weighted by Gasteiger charge is 2.36. The molecule has 0 aliphatic carbocycles. The molecule has 1 fully saturated rings. The molecule has 164 valence electrons. The molecular formula is C23H27N3O4S. The Kier molecular flexibility index (Phi) is 6.90. The summed E-state index contributed by atoms with van der Waals surface area (Å²) in [6.07, 6.45) is 1.73. The lowest BCUT2D eigenvalue weighted by molar-refractivity contribution is -0.127. The number of amides is 3. The van der Waals surface area contributed by atoms with Crippen LogP contribution in [-0.2, 0) is 9.59 Å². The number of aromatic nitrogens is 1. The number of hydrogen-bond donors (Lipinski definition) is 1. The topological polar surface area (TPSA) is 80.6 Å². The highest BCUT2D eigenvalue weighted by molar-refractivity contribution is 8.18. The molecule has 0 bridgehead atoms. The van der Waals surface area contributed by atoms with Crippen molar-refractivity contribution in [3.05, 3.63) is 52.2 Å². The lowest BCUT2D eigenvalue weighted by atomic mass is 10.2. The zero-order valence-electron chi connectivity index (χ0n) is 18.4. The first-order valence-electron chi connectivity index (χ1n) is 10.2. The zero-order chi connectivity index (χ0) is 22.7. The number of carbonyl (C=O) groups excluding carboxylic acids is 3. The van der Waals surface area contributed by atoms with E-state index in [-0.39, 0.29) is 6.54 Å². The average molecular weight is 442 g/mol. The number of aryl methyl sites for hydroxylation is 1. The van der Waals surface area contributed by atoms with Crippen molar-refractivity contribution in [2.75, 3.05) is 18.5 Å². The van der Waals surface area contributed by atoms with Gasteiger partial charge in [-0.25, -0.2) is 0 Å². The summed E-state index contributed by atoms with van der Waals surface area (Å²) >= 11 is 0.857. The fourth-order valence-corrected chi connectivity index (χ4v) is 4.50. The number of anilines is 1. The first kappa shape index (κ1) is 22.7. The van der Waals surface area contributed by atoms with Gasteiger partial charge in [0.05, 0.1) is 11.5 Å². The van der Waals surface area contributed by atoms with Crippen LogP contribution < -0.4 is 10.1 Å². The Hall–Kier alpha value is -3.00. The molecule has 8 heteroatoms. The second-order valence-electron chi connectivity index (χ2n) is 7.56. The zero-order valence-corrected chi connectivity index (χ0v) is 19.2. The fraction of sp³-hybridized carbons (Fsp3) is 0.348. The van der Waals surface area contributed by atoms with Gasteiger partial charge < -0.3 is 14.6 Å². The Balaban J connectivity index is 1.69. The number of carbonyl (C=O) groups is 3. The van der Waals surface area contributed by atoms with Crippen LogP contribution in [0, 0.1) is 13.8 Å². The first-order valence-corrected chi connectivity index (χ1v) is 11.0. The molecule has 1 saturated heterocycles. The van der Waals surface area contributed by atoms with Crippen LogP contribution in [0.4, 0.5) is 10.5 Å². The van der Waals surface area contributed by atoms with Gasteiger partial charge in [0.1, 0.15) is 12.3 Å². The summed E-state index contributed by atoms with van der Waals surface area (Å²) in [6, 6.07) is 9.21. The Morgan fingerprint density at radius 1 is 1.19 bits per heavy atom. The molecule has 31 heavy (non-hydrogen) atoms. The standard InChI is InChI=1S/C23H27N3O4S/c1-6-30-19-9-7-18(8-10-19)24-21(27)13-25-22(28)20(31-23(25)29)12-17-11-15(4)26(14(2)3)16(17)5/h7-12,14H,6,13H2,1-5H3,(H,24,27)/b20-12+. The lowest BCUT2D eigenvalue weighted by Gasteiger charge is -2.13. The fourth-order valence-electron chi connectivity index (χ4n) is 3.67. The summed E-state index contributed by atoms with van der Waals surface area (Å²) in [7, 11) is 0. The van der Waals surface area contributed by atoms with Crippen LogP contribution in [0.25, 0.3) is 6.08 Å². The number of ether oxygens (including phenoxy) is 1. The van der Waals surface area contributed by atoms with Crippen molar-refractivity contribution in [3.63, 3.8) is 0 Å². The third-order valence-electron chi connectivity index (χ3n) is 4.95. The van der Waals surface area contributed by atoms with Gasteiger partial charge in [-0.2, -0.15) is 0 Å². The predicted molar refractivity (Wildman–Crippen MR) is 123 cm³/mol. The maximum atomic E-state index is 12.8.